The Morgan fingerprint density at radius 2 is 1.71 bits per heavy atom. The summed E-state index contributed by atoms with van der Waals surface area (Å²) in [6.07, 6.45) is -0.544. The predicted molar refractivity (Wildman–Crippen MR) is 58.4 cm³/mol. The summed E-state index contributed by atoms with van der Waals surface area (Å²) < 4.78 is 4.91. The van der Waals surface area contributed by atoms with E-state index in [1.165, 1.54) is 0 Å². The number of carboxylic acid groups (broad SMARTS) is 2. The van der Waals surface area contributed by atoms with Crippen LogP contribution in [0.4, 0.5) is 0 Å². The lowest BCUT2D eigenvalue weighted by Gasteiger charge is -2.21. The van der Waals surface area contributed by atoms with Gasteiger partial charge in [-0.2, -0.15) is 0 Å². The Morgan fingerprint density at radius 1 is 1.24 bits per heavy atom. The molecule has 1 unspecified atom stereocenters. The predicted octanol–water partition coefficient (Wildman–Crippen LogP) is 1.06. The molecule has 0 amide bonds. The molecule has 0 saturated heterocycles. The average Bonchev–Trinajstić information content (AvgIpc) is 2.09. The lowest BCUT2D eigenvalue weighted by molar-refractivity contribution is -0.159. The van der Waals surface area contributed by atoms with Gasteiger partial charge in [0.05, 0.1) is 12.3 Å². The van der Waals surface area contributed by atoms with E-state index in [4.69, 9.17) is 14.9 Å². The molecule has 0 fully saturated rings. The molecule has 0 aliphatic heterocycles. The van der Waals surface area contributed by atoms with Crippen LogP contribution in [0.1, 0.15) is 27.2 Å². The van der Waals surface area contributed by atoms with E-state index in [0.29, 0.717) is 0 Å². The number of aliphatic carboxylic acids is 2. The quantitative estimate of drug-likeness (QED) is 0.554. The lowest BCUT2D eigenvalue weighted by Crippen LogP contribution is -2.29. The van der Waals surface area contributed by atoms with Crippen LogP contribution in [0.15, 0.2) is 12.2 Å². The molecular formula is C11H16O6. The summed E-state index contributed by atoms with van der Waals surface area (Å²) in [7, 11) is 0. The smallest absolute Gasteiger partial charge is 0.331 e. The van der Waals surface area contributed by atoms with Gasteiger partial charge in [0.15, 0.2) is 0 Å². The van der Waals surface area contributed by atoms with Crippen molar-refractivity contribution in [1.29, 1.82) is 0 Å². The monoisotopic (exact) mass is 244 g/mol. The highest BCUT2D eigenvalue weighted by Crippen LogP contribution is 2.17. The van der Waals surface area contributed by atoms with Gasteiger partial charge in [0.1, 0.15) is 5.60 Å². The molecule has 0 spiro atoms. The highest BCUT2D eigenvalue weighted by atomic mass is 16.6. The Bertz CT molecular complexity index is 349. The van der Waals surface area contributed by atoms with E-state index < -0.39 is 41.4 Å². The number of esters is 1. The number of rotatable bonds is 5. The summed E-state index contributed by atoms with van der Waals surface area (Å²) in [6.45, 7) is 8.03. The van der Waals surface area contributed by atoms with Gasteiger partial charge in [-0.1, -0.05) is 6.58 Å². The van der Waals surface area contributed by atoms with Crippen LogP contribution in [0.25, 0.3) is 0 Å². The van der Waals surface area contributed by atoms with E-state index >= 15 is 0 Å². The standard InChI is InChI=1S/C11H16O6/c1-6(9(13)14)7(10(15)16)5-8(12)17-11(2,3)4/h7H,1,5H2,2-4H3,(H,13,14)(H,15,16). The molecule has 0 saturated carbocycles. The number of hydrogen-bond donors (Lipinski definition) is 2. The molecular weight excluding hydrogens is 228 g/mol. The highest BCUT2D eigenvalue weighted by Gasteiger charge is 2.30. The SMILES string of the molecule is C=C(C(=O)O)C(CC(=O)OC(C)(C)C)C(=O)O. The Morgan fingerprint density at radius 3 is 2.00 bits per heavy atom. The van der Waals surface area contributed by atoms with Gasteiger partial charge in [0, 0.05) is 5.57 Å². The molecule has 0 aliphatic carbocycles. The van der Waals surface area contributed by atoms with Crippen LogP contribution >= 0.6 is 0 Å². The molecule has 0 aromatic rings. The van der Waals surface area contributed by atoms with Crippen LogP contribution in [0.3, 0.4) is 0 Å². The van der Waals surface area contributed by atoms with E-state index in [2.05, 4.69) is 6.58 Å². The second kappa shape index (κ2) is 5.47. The summed E-state index contributed by atoms with van der Waals surface area (Å²) in [4.78, 5) is 32.8. The van der Waals surface area contributed by atoms with Crippen molar-refractivity contribution in [2.45, 2.75) is 32.8 Å². The minimum atomic E-state index is -1.47. The fourth-order valence-corrected chi connectivity index (χ4v) is 1.06. The molecule has 0 aliphatic rings. The zero-order valence-electron chi connectivity index (χ0n) is 10.0. The maximum Gasteiger partial charge on any atom is 0.331 e. The Labute approximate surface area is 98.9 Å². The topological polar surface area (TPSA) is 101 Å². The van der Waals surface area contributed by atoms with Crippen LogP contribution in [-0.2, 0) is 19.1 Å². The van der Waals surface area contributed by atoms with Crippen molar-refractivity contribution in [3.63, 3.8) is 0 Å². The Kier molecular flexibility index (Phi) is 4.87. The highest BCUT2D eigenvalue weighted by molar-refractivity contribution is 5.95. The Balaban J connectivity index is 4.69. The summed E-state index contributed by atoms with van der Waals surface area (Å²) in [5.74, 6) is -5.10. The van der Waals surface area contributed by atoms with Crippen molar-refractivity contribution in [2.75, 3.05) is 0 Å². The minimum absolute atomic E-state index is 0.539. The molecule has 17 heavy (non-hydrogen) atoms. The van der Waals surface area contributed by atoms with Crippen molar-refractivity contribution in [2.24, 2.45) is 5.92 Å². The second-order valence-corrected chi connectivity index (χ2v) is 4.51. The van der Waals surface area contributed by atoms with Gasteiger partial charge in [-0.25, -0.2) is 4.79 Å². The summed E-state index contributed by atoms with van der Waals surface area (Å²) in [5, 5.41) is 17.4. The first-order valence-corrected chi connectivity index (χ1v) is 4.91. The van der Waals surface area contributed by atoms with Crippen molar-refractivity contribution >= 4 is 17.9 Å². The molecule has 0 aromatic carbocycles. The number of carboxylic acids is 2. The first-order valence-electron chi connectivity index (χ1n) is 4.91. The molecule has 1 atom stereocenters. The number of carbonyl (C=O) groups excluding carboxylic acids is 1. The molecule has 0 heterocycles. The third-order valence-corrected chi connectivity index (χ3v) is 1.78. The van der Waals surface area contributed by atoms with Gasteiger partial charge in [0.2, 0.25) is 0 Å². The fourth-order valence-electron chi connectivity index (χ4n) is 1.06. The van der Waals surface area contributed by atoms with Crippen molar-refractivity contribution in [3.8, 4) is 0 Å². The van der Waals surface area contributed by atoms with E-state index in [-0.39, 0.29) is 0 Å². The number of carbonyl (C=O) groups is 3. The van der Waals surface area contributed by atoms with Gasteiger partial charge >= 0.3 is 17.9 Å². The number of ether oxygens (including phenoxy) is 1. The van der Waals surface area contributed by atoms with Crippen LogP contribution in [0, 0.1) is 5.92 Å². The first-order chi connectivity index (χ1) is 7.54. The maximum absolute atomic E-state index is 11.4. The van der Waals surface area contributed by atoms with Crippen molar-refractivity contribution < 1.29 is 29.3 Å². The van der Waals surface area contributed by atoms with Crippen LogP contribution < -0.4 is 0 Å². The fraction of sp³-hybridized carbons (Fsp3) is 0.545. The van der Waals surface area contributed by atoms with Crippen molar-refractivity contribution in [3.05, 3.63) is 12.2 Å². The van der Waals surface area contributed by atoms with E-state index in [0.717, 1.165) is 0 Å². The van der Waals surface area contributed by atoms with Gasteiger partial charge in [-0.05, 0) is 20.8 Å². The average molecular weight is 244 g/mol. The third kappa shape index (κ3) is 5.70. The number of hydrogen-bond acceptors (Lipinski definition) is 4. The van der Waals surface area contributed by atoms with Gasteiger partial charge < -0.3 is 14.9 Å². The maximum atomic E-state index is 11.4. The third-order valence-electron chi connectivity index (χ3n) is 1.78. The van der Waals surface area contributed by atoms with E-state index in [1.807, 2.05) is 0 Å². The normalized spacial score (nSPS) is 12.6. The summed E-state index contributed by atoms with van der Waals surface area (Å²) >= 11 is 0. The van der Waals surface area contributed by atoms with E-state index in [9.17, 15) is 14.4 Å². The lowest BCUT2D eigenvalue weighted by atomic mass is 9.97. The molecule has 6 heteroatoms. The molecule has 0 rings (SSSR count). The van der Waals surface area contributed by atoms with E-state index in [1.54, 1.807) is 20.8 Å². The second-order valence-electron chi connectivity index (χ2n) is 4.51. The van der Waals surface area contributed by atoms with Gasteiger partial charge in [-0.15, -0.1) is 0 Å². The molecule has 0 bridgehead atoms. The summed E-state index contributed by atoms with van der Waals surface area (Å²) in [6, 6.07) is 0. The molecule has 2 N–H and O–H groups in total. The van der Waals surface area contributed by atoms with Crippen LogP contribution in [-0.4, -0.2) is 33.7 Å². The van der Waals surface area contributed by atoms with Crippen LogP contribution in [0.2, 0.25) is 0 Å². The zero-order valence-corrected chi connectivity index (χ0v) is 10.0. The van der Waals surface area contributed by atoms with Gasteiger partial charge in [-0.3, -0.25) is 9.59 Å². The van der Waals surface area contributed by atoms with Crippen molar-refractivity contribution in [1.82, 2.24) is 0 Å². The molecule has 96 valence electrons. The minimum Gasteiger partial charge on any atom is -0.481 e. The molecule has 6 nitrogen and oxygen atoms in total. The molecule has 0 aromatic heterocycles. The van der Waals surface area contributed by atoms with Gasteiger partial charge in [0.25, 0.3) is 0 Å². The Hall–Kier alpha value is -1.85. The zero-order chi connectivity index (χ0) is 13.8. The molecule has 0 radical (unpaired) electrons. The largest absolute Gasteiger partial charge is 0.481 e. The summed E-state index contributed by atoms with van der Waals surface area (Å²) in [5.41, 5.74) is -1.28. The first kappa shape index (κ1) is 15.2. The van der Waals surface area contributed by atoms with Crippen LogP contribution in [0.5, 0.6) is 0 Å².